The van der Waals surface area contributed by atoms with Crippen molar-refractivity contribution >= 4 is 23.5 Å². The lowest BCUT2D eigenvalue weighted by atomic mass is 9.83. The first-order valence-electron chi connectivity index (χ1n) is 12.2. The van der Waals surface area contributed by atoms with Crippen molar-refractivity contribution < 1.29 is 24.5 Å². The number of thiazole rings is 1. The lowest BCUT2D eigenvalue weighted by Crippen LogP contribution is -2.51. The second-order valence-electron chi connectivity index (χ2n) is 10.0. The Balaban J connectivity index is 1.92. The fourth-order valence-corrected chi connectivity index (χ4v) is 4.98. The number of hydrogen-bond acceptors (Lipinski definition) is 6. The van der Waals surface area contributed by atoms with Gasteiger partial charge in [0.25, 0.3) is 0 Å². The Morgan fingerprint density at radius 3 is 2.22 bits per heavy atom. The summed E-state index contributed by atoms with van der Waals surface area (Å²) in [5.41, 5.74) is 2.90. The maximum absolute atomic E-state index is 12.9. The average Bonchev–Trinajstić information content (AvgIpc) is 3.34. The zero-order valence-corrected chi connectivity index (χ0v) is 22.2. The van der Waals surface area contributed by atoms with Crippen molar-refractivity contribution in [3.8, 4) is 0 Å². The number of ether oxygens (including phenoxy) is 1. The molecule has 0 aliphatic heterocycles. The monoisotopic (exact) mass is 525 g/mol. The SMILES string of the molecule is CC(C)(C)OC(=O)N[C@@H](C(Cc1cncs1)c1ccccc1)[C@@H](O)C[C@H](Cc1ccccc1)NC(=O)O. The van der Waals surface area contributed by atoms with Crippen LogP contribution in [0.4, 0.5) is 9.59 Å². The van der Waals surface area contributed by atoms with Gasteiger partial charge < -0.3 is 25.6 Å². The van der Waals surface area contributed by atoms with Gasteiger partial charge in [0.15, 0.2) is 0 Å². The molecule has 9 heteroatoms. The molecule has 0 spiro atoms. The molecule has 37 heavy (non-hydrogen) atoms. The third kappa shape index (κ3) is 9.51. The summed E-state index contributed by atoms with van der Waals surface area (Å²) in [5.74, 6) is -0.314. The van der Waals surface area contributed by atoms with E-state index in [0.29, 0.717) is 12.8 Å². The highest BCUT2D eigenvalue weighted by molar-refractivity contribution is 7.09. The number of aliphatic hydroxyl groups excluding tert-OH is 1. The number of rotatable bonds is 11. The van der Waals surface area contributed by atoms with Crippen LogP contribution in [0, 0.1) is 0 Å². The van der Waals surface area contributed by atoms with Crippen LogP contribution in [0.5, 0.6) is 0 Å². The van der Waals surface area contributed by atoms with Gasteiger partial charge >= 0.3 is 12.2 Å². The van der Waals surface area contributed by atoms with Crippen LogP contribution in [0.25, 0.3) is 0 Å². The van der Waals surface area contributed by atoms with Crippen molar-refractivity contribution in [2.45, 2.75) is 69.7 Å². The lowest BCUT2D eigenvalue weighted by Gasteiger charge is -2.34. The van der Waals surface area contributed by atoms with E-state index >= 15 is 0 Å². The van der Waals surface area contributed by atoms with E-state index in [4.69, 9.17) is 4.74 Å². The van der Waals surface area contributed by atoms with Gasteiger partial charge in [-0.15, -0.1) is 11.3 Å². The lowest BCUT2D eigenvalue weighted by molar-refractivity contribution is 0.0367. The van der Waals surface area contributed by atoms with E-state index in [2.05, 4.69) is 15.6 Å². The molecule has 1 heterocycles. The van der Waals surface area contributed by atoms with Crippen molar-refractivity contribution in [3.05, 3.63) is 88.4 Å². The summed E-state index contributed by atoms with van der Waals surface area (Å²) >= 11 is 1.50. The summed E-state index contributed by atoms with van der Waals surface area (Å²) in [5, 5.41) is 26.5. The second kappa shape index (κ2) is 13.2. The van der Waals surface area contributed by atoms with Gasteiger partial charge in [0.2, 0.25) is 0 Å². The molecular formula is C28H35N3O5S. The van der Waals surface area contributed by atoms with Crippen LogP contribution in [0.1, 0.15) is 49.1 Å². The summed E-state index contributed by atoms with van der Waals surface area (Å²) in [6, 6.07) is 17.8. The number of aromatic nitrogens is 1. The summed E-state index contributed by atoms with van der Waals surface area (Å²) < 4.78 is 5.52. The van der Waals surface area contributed by atoms with Crippen LogP contribution >= 0.6 is 11.3 Å². The summed E-state index contributed by atoms with van der Waals surface area (Å²) in [6.07, 6.45) is -0.0984. The summed E-state index contributed by atoms with van der Waals surface area (Å²) in [4.78, 5) is 29.6. The highest BCUT2D eigenvalue weighted by Crippen LogP contribution is 2.29. The molecule has 198 valence electrons. The number of aliphatic hydroxyl groups is 1. The third-order valence-electron chi connectivity index (χ3n) is 5.84. The molecule has 0 fully saturated rings. The standard InChI is InChI=1S/C28H35N3O5S/c1-28(2,3)36-27(35)31-25(23(16-22-17-29-18-37-22)20-12-8-5-9-13-20)24(32)15-21(30-26(33)34)14-19-10-6-4-7-11-19/h4-13,17-18,21,23-25,30,32H,14-16H2,1-3H3,(H,31,35)(H,33,34)/t21-,23?,24-,25-/m0/s1. The van der Waals surface area contributed by atoms with E-state index in [1.807, 2.05) is 60.7 Å². The van der Waals surface area contributed by atoms with Crippen molar-refractivity contribution in [1.82, 2.24) is 15.6 Å². The molecule has 4 N–H and O–H groups in total. The first-order valence-corrected chi connectivity index (χ1v) is 13.1. The minimum atomic E-state index is -1.17. The van der Waals surface area contributed by atoms with Gasteiger partial charge in [0.1, 0.15) is 5.60 Å². The average molecular weight is 526 g/mol. The smallest absolute Gasteiger partial charge is 0.407 e. The minimum absolute atomic E-state index is 0.0910. The molecule has 2 aromatic carbocycles. The highest BCUT2D eigenvalue weighted by atomic mass is 32.1. The van der Waals surface area contributed by atoms with E-state index < -0.39 is 36.0 Å². The molecule has 0 saturated carbocycles. The Morgan fingerprint density at radius 2 is 1.65 bits per heavy atom. The van der Waals surface area contributed by atoms with E-state index in [9.17, 15) is 19.8 Å². The van der Waals surface area contributed by atoms with Crippen LogP contribution < -0.4 is 10.6 Å². The van der Waals surface area contributed by atoms with Crippen molar-refractivity contribution in [2.75, 3.05) is 0 Å². The first-order chi connectivity index (χ1) is 17.6. The largest absolute Gasteiger partial charge is 0.465 e. The van der Waals surface area contributed by atoms with E-state index in [-0.39, 0.29) is 12.3 Å². The fourth-order valence-electron chi connectivity index (χ4n) is 4.33. The van der Waals surface area contributed by atoms with Crippen LogP contribution in [0.3, 0.4) is 0 Å². The zero-order chi connectivity index (χ0) is 26.8. The Morgan fingerprint density at radius 1 is 1.00 bits per heavy atom. The van der Waals surface area contributed by atoms with Crippen LogP contribution in [0.2, 0.25) is 0 Å². The number of carbonyl (C=O) groups excluding carboxylic acids is 1. The molecule has 4 atom stereocenters. The van der Waals surface area contributed by atoms with Crippen LogP contribution in [0.15, 0.2) is 72.4 Å². The topological polar surface area (TPSA) is 121 Å². The predicted octanol–water partition coefficient (Wildman–Crippen LogP) is 4.99. The van der Waals surface area contributed by atoms with Crippen molar-refractivity contribution in [3.63, 3.8) is 0 Å². The Kier molecular flexibility index (Phi) is 10.0. The molecule has 0 radical (unpaired) electrons. The van der Waals surface area contributed by atoms with Gasteiger partial charge in [-0.3, -0.25) is 4.98 Å². The fraction of sp³-hybridized carbons (Fsp3) is 0.393. The quantitative estimate of drug-likeness (QED) is 0.280. The van der Waals surface area contributed by atoms with Gasteiger partial charge in [0, 0.05) is 23.0 Å². The van der Waals surface area contributed by atoms with Crippen molar-refractivity contribution in [2.24, 2.45) is 0 Å². The number of nitrogens with zero attached hydrogens (tertiary/aromatic N) is 1. The molecule has 1 aromatic heterocycles. The van der Waals surface area contributed by atoms with E-state index in [1.165, 1.54) is 11.3 Å². The minimum Gasteiger partial charge on any atom is -0.465 e. The molecule has 2 amide bonds. The van der Waals surface area contributed by atoms with Crippen LogP contribution in [-0.2, 0) is 17.6 Å². The Labute approximate surface area is 221 Å². The molecule has 0 aliphatic rings. The molecule has 0 bridgehead atoms. The normalized spacial score (nSPS) is 14.7. The molecule has 3 aromatic rings. The third-order valence-corrected chi connectivity index (χ3v) is 6.64. The number of amides is 2. The molecule has 1 unspecified atom stereocenters. The predicted molar refractivity (Wildman–Crippen MR) is 144 cm³/mol. The number of hydrogen-bond donors (Lipinski definition) is 4. The van der Waals surface area contributed by atoms with E-state index in [0.717, 1.165) is 16.0 Å². The molecule has 8 nitrogen and oxygen atoms in total. The van der Waals surface area contributed by atoms with Gasteiger partial charge in [-0.25, -0.2) is 9.59 Å². The van der Waals surface area contributed by atoms with Gasteiger partial charge in [0.05, 0.1) is 17.7 Å². The number of carbonyl (C=O) groups is 2. The molecule has 0 aliphatic carbocycles. The second-order valence-corrected chi connectivity index (χ2v) is 11.0. The van der Waals surface area contributed by atoms with Gasteiger partial charge in [-0.1, -0.05) is 60.7 Å². The summed E-state index contributed by atoms with van der Waals surface area (Å²) in [7, 11) is 0. The highest BCUT2D eigenvalue weighted by Gasteiger charge is 2.34. The number of nitrogens with one attached hydrogen (secondary N) is 2. The van der Waals surface area contributed by atoms with Crippen LogP contribution in [-0.4, -0.2) is 51.2 Å². The summed E-state index contributed by atoms with van der Waals surface area (Å²) in [6.45, 7) is 5.32. The van der Waals surface area contributed by atoms with Gasteiger partial charge in [-0.2, -0.15) is 0 Å². The number of alkyl carbamates (subject to hydrolysis) is 1. The molecular weight excluding hydrogens is 490 g/mol. The maximum Gasteiger partial charge on any atom is 0.407 e. The van der Waals surface area contributed by atoms with Gasteiger partial charge in [-0.05, 0) is 51.2 Å². The Bertz CT molecular complexity index is 1100. The van der Waals surface area contributed by atoms with Crippen molar-refractivity contribution in [1.29, 1.82) is 0 Å². The maximum atomic E-state index is 12.9. The molecule has 0 saturated heterocycles. The van der Waals surface area contributed by atoms with E-state index in [1.54, 1.807) is 32.5 Å². The molecule has 3 rings (SSSR count). The Hall–Kier alpha value is -3.43. The zero-order valence-electron chi connectivity index (χ0n) is 21.3. The number of carboxylic acid groups (broad SMARTS) is 1. The number of benzene rings is 2. The first kappa shape index (κ1) is 28.1.